The first kappa shape index (κ1) is 14.7. The van der Waals surface area contributed by atoms with E-state index in [2.05, 4.69) is 0 Å². The van der Waals surface area contributed by atoms with Crippen LogP contribution in [0.15, 0.2) is 18.2 Å². The molecule has 6 heteroatoms. The Labute approximate surface area is 127 Å². The van der Waals surface area contributed by atoms with Gasteiger partial charge in [-0.2, -0.15) is 11.8 Å². The zero-order chi connectivity index (χ0) is 14.9. The van der Waals surface area contributed by atoms with Crippen LogP contribution in [0.5, 0.6) is 0 Å². The highest BCUT2D eigenvalue weighted by Gasteiger charge is 2.41. The normalized spacial score (nSPS) is 28.7. The topological polar surface area (TPSA) is 61.6 Å². The lowest BCUT2D eigenvalue weighted by Gasteiger charge is -2.37. The van der Waals surface area contributed by atoms with Crippen LogP contribution in [0.2, 0.25) is 0 Å². The van der Waals surface area contributed by atoms with Crippen LogP contribution in [-0.2, 0) is 9.47 Å². The third-order valence-electron chi connectivity index (χ3n) is 4.00. The van der Waals surface area contributed by atoms with Crippen molar-refractivity contribution >= 4 is 23.4 Å². The van der Waals surface area contributed by atoms with Crippen molar-refractivity contribution in [3.05, 3.63) is 29.6 Å². The zero-order valence-electron chi connectivity index (χ0n) is 11.6. The van der Waals surface area contributed by atoms with E-state index in [1.165, 1.54) is 18.2 Å². The van der Waals surface area contributed by atoms with Crippen molar-refractivity contribution < 1.29 is 18.7 Å². The molecule has 2 aliphatic heterocycles. The number of rotatable bonds is 2. The first-order valence-electron chi connectivity index (χ1n) is 7.06. The Bertz CT molecular complexity index is 546. The van der Waals surface area contributed by atoms with E-state index >= 15 is 0 Å². The van der Waals surface area contributed by atoms with Crippen molar-refractivity contribution in [2.24, 2.45) is 0 Å². The summed E-state index contributed by atoms with van der Waals surface area (Å²) < 4.78 is 25.0. The van der Waals surface area contributed by atoms with Gasteiger partial charge in [0.05, 0.1) is 17.8 Å². The Balaban J connectivity index is 1.68. The van der Waals surface area contributed by atoms with Gasteiger partial charge in [0.15, 0.2) is 0 Å². The lowest BCUT2D eigenvalue weighted by atomic mass is 9.91. The van der Waals surface area contributed by atoms with Gasteiger partial charge in [-0.05, 0) is 30.4 Å². The summed E-state index contributed by atoms with van der Waals surface area (Å²) in [6.45, 7) is 0.581. The van der Waals surface area contributed by atoms with Gasteiger partial charge in [-0.25, -0.2) is 9.18 Å². The van der Waals surface area contributed by atoms with Gasteiger partial charge < -0.3 is 15.2 Å². The molecule has 0 saturated carbocycles. The van der Waals surface area contributed by atoms with Crippen LogP contribution in [0.4, 0.5) is 10.1 Å². The Hall–Kier alpha value is -1.27. The Morgan fingerprint density at radius 2 is 2.38 bits per heavy atom. The Morgan fingerprint density at radius 3 is 3.14 bits per heavy atom. The molecule has 2 fully saturated rings. The van der Waals surface area contributed by atoms with E-state index in [1.807, 2.05) is 11.8 Å². The van der Waals surface area contributed by atoms with Crippen molar-refractivity contribution in [3.63, 3.8) is 0 Å². The smallest absolute Gasteiger partial charge is 0.341 e. The van der Waals surface area contributed by atoms with Crippen LogP contribution in [0.3, 0.4) is 0 Å². The molecule has 0 aromatic heterocycles. The van der Waals surface area contributed by atoms with E-state index in [1.54, 1.807) is 0 Å². The number of nitrogens with two attached hydrogens (primary N) is 1. The van der Waals surface area contributed by atoms with Crippen molar-refractivity contribution in [1.29, 1.82) is 0 Å². The molecule has 3 rings (SSSR count). The lowest BCUT2D eigenvalue weighted by Crippen LogP contribution is -2.43. The zero-order valence-corrected chi connectivity index (χ0v) is 12.5. The van der Waals surface area contributed by atoms with E-state index in [0.29, 0.717) is 25.1 Å². The summed E-state index contributed by atoms with van der Waals surface area (Å²) in [6.07, 6.45) is 2.11. The molecule has 0 aliphatic carbocycles. The monoisotopic (exact) mass is 311 g/mol. The van der Waals surface area contributed by atoms with Crippen LogP contribution < -0.4 is 5.73 Å². The maximum Gasteiger partial charge on any atom is 0.341 e. The molecule has 1 aromatic carbocycles. The van der Waals surface area contributed by atoms with Gasteiger partial charge in [0, 0.05) is 24.3 Å². The summed E-state index contributed by atoms with van der Waals surface area (Å²) >= 11 is 1.86. The second-order valence-corrected chi connectivity index (χ2v) is 6.70. The maximum absolute atomic E-state index is 13.7. The number of esters is 1. The van der Waals surface area contributed by atoms with Gasteiger partial charge in [-0.15, -0.1) is 0 Å². The number of halogens is 1. The average molecular weight is 311 g/mol. The summed E-state index contributed by atoms with van der Waals surface area (Å²) in [5, 5.41) is 0. The molecular weight excluding hydrogens is 293 g/mol. The first-order valence-corrected chi connectivity index (χ1v) is 8.21. The number of carbonyl (C=O) groups is 1. The molecule has 4 nitrogen and oxygen atoms in total. The second-order valence-electron chi connectivity index (χ2n) is 5.59. The van der Waals surface area contributed by atoms with Crippen molar-refractivity contribution in [2.45, 2.75) is 31.0 Å². The quantitative estimate of drug-likeness (QED) is 0.672. The number of hydrogen-bond donors (Lipinski definition) is 1. The molecule has 1 spiro atoms. The minimum absolute atomic E-state index is 0.101. The van der Waals surface area contributed by atoms with Crippen LogP contribution in [0.25, 0.3) is 0 Å². The van der Waals surface area contributed by atoms with Gasteiger partial charge in [-0.3, -0.25) is 0 Å². The summed E-state index contributed by atoms with van der Waals surface area (Å²) in [6, 6.07) is 3.93. The minimum atomic E-state index is -0.646. The van der Waals surface area contributed by atoms with E-state index < -0.39 is 11.8 Å². The summed E-state index contributed by atoms with van der Waals surface area (Å²) in [5.41, 5.74) is 5.68. The van der Waals surface area contributed by atoms with Gasteiger partial charge in [0.1, 0.15) is 11.9 Å². The molecule has 2 N–H and O–H groups in total. The third kappa shape index (κ3) is 3.16. The molecule has 114 valence electrons. The summed E-state index contributed by atoms with van der Waals surface area (Å²) in [7, 11) is 0. The molecule has 2 heterocycles. The molecule has 0 radical (unpaired) electrons. The summed E-state index contributed by atoms with van der Waals surface area (Å²) in [4.78, 5) is 12.1. The van der Waals surface area contributed by atoms with Gasteiger partial charge in [0.2, 0.25) is 0 Å². The number of ether oxygens (including phenoxy) is 2. The third-order valence-corrected chi connectivity index (χ3v) is 5.22. The largest absolute Gasteiger partial charge is 0.458 e. The van der Waals surface area contributed by atoms with Crippen molar-refractivity contribution in [1.82, 2.24) is 0 Å². The molecule has 2 saturated heterocycles. The maximum atomic E-state index is 13.7. The highest BCUT2D eigenvalue weighted by Crippen LogP contribution is 2.39. The van der Waals surface area contributed by atoms with Crippen LogP contribution in [-0.4, -0.2) is 35.8 Å². The van der Waals surface area contributed by atoms with Crippen LogP contribution in [0, 0.1) is 5.82 Å². The fraction of sp³-hybridized carbons (Fsp3) is 0.533. The fourth-order valence-corrected chi connectivity index (χ4v) is 4.24. The van der Waals surface area contributed by atoms with Crippen molar-refractivity contribution in [3.8, 4) is 0 Å². The first-order chi connectivity index (χ1) is 10.1. The van der Waals surface area contributed by atoms with Gasteiger partial charge >= 0.3 is 5.97 Å². The van der Waals surface area contributed by atoms with Crippen LogP contribution in [0.1, 0.15) is 29.6 Å². The number of benzene rings is 1. The van der Waals surface area contributed by atoms with Gasteiger partial charge in [-0.1, -0.05) is 0 Å². The molecule has 21 heavy (non-hydrogen) atoms. The van der Waals surface area contributed by atoms with Gasteiger partial charge in [0.25, 0.3) is 0 Å². The molecule has 2 unspecified atom stereocenters. The van der Waals surface area contributed by atoms with E-state index in [0.717, 1.165) is 17.9 Å². The van der Waals surface area contributed by atoms with Crippen molar-refractivity contribution in [2.75, 3.05) is 23.8 Å². The number of nitrogen functional groups attached to an aromatic ring is 1. The molecule has 2 atom stereocenters. The SMILES string of the molecule is Nc1ccc(F)c(C(=O)OC2CCOC3(CCSC3)C2)c1. The molecule has 1 aromatic rings. The molecule has 0 bridgehead atoms. The Kier molecular flexibility index (Phi) is 4.08. The minimum Gasteiger partial charge on any atom is -0.458 e. The standard InChI is InChI=1S/C15H18FNO3S/c16-13-2-1-10(17)7-12(13)14(18)20-11-3-5-19-15(8-11)4-6-21-9-15/h1-2,7,11H,3-6,8-9,17H2. The predicted molar refractivity (Wildman–Crippen MR) is 79.9 cm³/mol. The lowest BCUT2D eigenvalue weighted by molar-refractivity contribution is -0.106. The second kappa shape index (κ2) is 5.85. The van der Waals surface area contributed by atoms with Crippen LogP contribution >= 0.6 is 11.8 Å². The number of thioether (sulfide) groups is 1. The van der Waals surface area contributed by atoms with E-state index in [9.17, 15) is 9.18 Å². The number of anilines is 1. The van der Waals surface area contributed by atoms with E-state index in [4.69, 9.17) is 15.2 Å². The molecule has 2 aliphatic rings. The van der Waals surface area contributed by atoms with E-state index in [-0.39, 0.29) is 17.3 Å². The molecular formula is C15H18FNO3S. The molecule has 0 amide bonds. The highest BCUT2D eigenvalue weighted by atomic mass is 32.2. The summed E-state index contributed by atoms with van der Waals surface area (Å²) in [5.74, 6) is 0.762. The average Bonchev–Trinajstić information content (AvgIpc) is 2.89. The predicted octanol–water partition coefficient (Wildman–Crippen LogP) is 2.62. The number of hydrogen-bond acceptors (Lipinski definition) is 5. The Morgan fingerprint density at radius 1 is 1.52 bits per heavy atom. The number of carbonyl (C=O) groups excluding carboxylic acids is 1. The highest BCUT2D eigenvalue weighted by molar-refractivity contribution is 7.99. The fourth-order valence-electron chi connectivity index (χ4n) is 2.86.